The SMILES string of the molecule is CC(C)N1C[C@H](C(=O)N[C@H](C)c2nnc3n2CCCCC3)CC1=O. The molecule has 0 aromatic carbocycles. The molecular weight excluding hydrogens is 306 g/mol. The molecule has 1 saturated heterocycles. The van der Waals surface area contributed by atoms with E-state index in [0.29, 0.717) is 13.0 Å². The van der Waals surface area contributed by atoms with E-state index in [9.17, 15) is 9.59 Å². The first-order chi connectivity index (χ1) is 11.5. The second-order valence-corrected chi connectivity index (χ2v) is 7.21. The molecule has 0 aliphatic carbocycles. The summed E-state index contributed by atoms with van der Waals surface area (Å²) in [5.74, 6) is 1.57. The minimum atomic E-state index is -0.270. The molecule has 2 aliphatic rings. The van der Waals surface area contributed by atoms with Gasteiger partial charge in [-0.2, -0.15) is 0 Å². The van der Waals surface area contributed by atoms with E-state index in [1.807, 2.05) is 20.8 Å². The Morgan fingerprint density at radius 1 is 1.21 bits per heavy atom. The van der Waals surface area contributed by atoms with Crippen LogP contribution in [0.2, 0.25) is 0 Å². The van der Waals surface area contributed by atoms with Crippen molar-refractivity contribution in [2.75, 3.05) is 6.54 Å². The second kappa shape index (κ2) is 6.91. The van der Waals surface area contributed by atoms with Crippen molar-refractivity contribution in [3.05, 3.63) is 11.6 Å². The molecule has 0 saturated carbocycles. The third-order valence-electron chi connectivity index (χ3n) is 5.04. The molecule has 24 heavy (non-hydrogen) atoms. The summed E-state index contributed by atoms with van der Waals surface area (Å²) >= 11 is 0. The van der Waals surface area contributed by atoms with Crippen LogP contribution in [0, 0.1) is 5.92 Å². The van der Waals surface area contributed by atoms with Gasteiger partial charge in [0.05, 0.1) is 12.0 Å². The van der Waals surface area contributed by atoms with Gasteiger partial charge >= 0.3 is 0 Å². The van der Waals surface area contributed by atoms with Crippen molar-refractivity contribution in [1.82, 2.24) is 25.0 Å². The quantitative estimate of drug-likeness (QED) is 0.904. The summed E-state index contributed by atoms with van der Waals surface area (Å²) in [6, 6.07) is -0.0555. The fourth-order valence-corrected chi connectivity index (χ4v) is 3.63. The molecule has 1 N–H and O–H groups in total. The van der Waals surface area contributed by atoms with Gasteiger partial charge in [0.1, 0.15) is 5.82 Å². The first kappa shape index (κ1) is 16.9. The van der Waals surface area contributed by atoms with E-state index in [-0.39, 0.29) is 29.8 Å². The largest absolute Gasteiger partial charge is 0.346 e. The van der Waals surface area contributed by atoms with Crippen LogP contribution in [0.25, 0.3) is 0 Å². The number of nitrogens with one attached hydrogen (secondary N) is 1. The molecule has 1 fully saturated rings. The van der Waals surface area contributed by atoms with Crippen LogP contribution in [0.15, 0.2) is 0 Å². The Morgan fingerprint density at radius 2 is 2.00 bits per heavy atom. The van der Waals surface area contributed by atoms with Crippen molar-refractivity contribution in [3.63, 3.8) is 0 Å². The summed E-state index contributed by atoms with van der Waals surface area (Å²) in [5.41, 5.74) is 0. The second-order valence-electron chi connectivity index (χ2n) is 7.21. The van der Waals surface area contributed by atoms with Gasteiger partial charge in [-0.15, -0.1) is 10.2 Å². The summed E-state index contributed by atoms with van der Waals surface area (Å²) in [5, 5.41) is 11.6. The molecule has 1 aromatic heterocycles. The van der Waals surface area contributed by atoms with E-state index in [1.54, 1.807) is 4.90 Å². The monoisotopic (exact) mass is 333 g/mol. The molecule has 0 bridgehead atoms. The van der Waals surface area contributed by atoms with Gasteiger partial charge in [-0.25, -0.2) is 0 Å². The minimum Gasteiger partial charge on any atom is -0.346 e. The van der Waals surface area contributed by atoms with Crippen molar-refractivity contribution in [3.8, 4) is 0 Å². The van der Waals surface area contributed by atoms with Crippen molar-refractivity contribution < 1.29 is 9.59 Å². The number of carbonyl (C=O) groups is 2. The lowest BCUT2D eigenvalue weighted by molar-refractivity contribution is -0.130. The summed E-state index contributed by atoms with van der Waals surface area (Å²) < 4.78 is 2.15. The number of nitrogens with zero attached hydrogens (tertiary/aromatic N) is 4. The van der Waals surface area contributed by atoms with Gasteiger partial charge in [-0.1, -0.05) is 6.42 Å². The number of aromatic nitrogens is 3. The van der Waals surface area contributed by atoms with E-state index in [2.05, 4.69) is 20.1 Å². The Labute approximate surface area is 142 Å². The van der Waals surface area contributed by atoms with Crippen LogP contribution < -0.4 is 5.32 Å². The highest BCUT2D eigenvalue weighted by molar-refractivity contribution is 5.89. The number of amides is 2. The predicted octanol–water partition coefficient (Wildman–Crippen LogP) is 1.44. The van der Waals surface area contributed by atoms with E-state index in [0.717, 1.165) is 37.5 Å². The zero-order valence-corrected chi connectivity index (χ0v) is 14.8. The van der Waals surface area contributed by atoms with Gasteiger partial charge in [0.15, 0.2) is 5.82 Å². The number of hydrogen-bond donors (Lipinski definition) is 1. The van der Waals surface area contributed by atoms with Gasteiger partial charge in [0.25, 0.3) is 0 Å². The first-order valence-corrected chi connectivity index (χ1v) is 8.99. The molecule has 7 heteroatoms. The molecular formula is C17H27N5O2. The number of rotatable bonds is 4. The van der Waals surface area contributed by atoms with Crippen LogP contribution in [0.5, 0.6) is 0 Å². The van der Waals surface area contributed by atoms with E-state index in [4.69, 9.17) is 0 Å². The molecule has 2 aliphatic heterocycles. The molecule has 0 radical (unpaired) electrons. The predicted molar refractivity (Wildman–Crippen MR) is 89.1 cm³/mol. The molecule has 7 nitrogen and oxygen atoms in total. The Bertz CT molecular complexity index is 624. The number of likely N-dealkylation sites (tertiary alicyclic amines) is 1. The maximum atomic E-state index is 12.6. The van der Waals surface area contributed by atoms with Gasteiger partial charge in [0, 0.05) is 32.0 Å². The molecule has 132 valence electrons. The van der Waals surface area contributed by atoms with Crippen LogP contribution in [-0.2, 0) is 22.6 Å². The van der Waals surface area contributed by atoms with Crippen LogP contribution in [0.3, 0.4) is 0 Å². The van der Waals surface area contributed by atoms with Crippen molar-refractivity contribution >= 4 is 11.8 Å². The first-order valence-electron chi connectivity index (χ1n) is 8.99. The van der Waals surface area contributed by atoms with Crippen LogP contribution in [-0.4, -0.2) is 44.1 Å². The topological polar surface area (TPSA) is 80.1 Å². The smallest absolute Gasteiger partial charge is 0.226 e. The minimum absolute atomic E-state index is 0.0640. The van der Waals surface area contributed by atoms with Crippen LogP contribution in [0.4, 0.5) is 0 Å². The third-order valence-corrected chi connectivity index (χ3v) is 5.04. The van der Waals surface area contributed by atoms with Gasteiger partial charge in [-0.3, -0.25) is 9.59 Å². The van der Waals surface area contributed by atoms with Crippen molar-refractivity contribution in [2.24, 2.45) is 5.92 Å². The number of aryl methyl sites for hydroxylation is 1. The zero-order valence-electron chi connectivity index (χ0n) is 14.8. The van der Waals surface area contributed by atoms with Gasteiger partial charge < -0.3 is 14.8 Å². The zero-order chi connectivity index (χ0) is 17.3. The maximum absolute atomic E-state index is 12.6. The average molecular weight is 333 g/mol. The number of carbonyl (C=O) groups excluding carboxylic acids is 2. The Hall–Kier alpha value is -1.92. The fourth-order valence-electron chi connectivity index (χ4n) is 3.63. The van der Waals surface area contributed by atoms with Crippen LogP contribution in [0.1, 0.15) is 64.1 Å². The van der Waals surface area contributed by atoms with Gasteiger partial charge in [0.2, 0.25) is 11.8 Å². The molecule has 3 rings (SSSR count). The van der Waals surface area contributed by atoms with E-state index in [1.165, 1.54) is 6.42 Å². The van der Waals surface area contributed by atoms with Crippen molar-refractivity contribution in [2.45, 2.75) is 71.5 Å². The van der Waals surface area contributed by atoms with Crippen molar-refractivity contribution in [1.29, 1.82) is 0 Å². The summed E-state index contributed by atoms with van der Waals surface area (Å²) in [6.07, 6.45) is 4.73. The van der Waals surface area contributed by atoms with E-state index >= 15 is 0 Å². The molecule has 0 unspecified atom stereocenters. The Kier molecular flexibility index (Phi) is 4.87. The number of hydrogen-bond acceptors (Lipinski definition) is 4. The lowest BCUT2D eigenvalue weighted by Gasteiger charge is -2.21. The normalized spacial score (nSPS) is 22.4. The van der Waals surface area contributed by atoms with Crippen LogP contribution >= 0.6 is 0 Å². The third kappa shape index (κ3) is 3.30. The molecule has 3 heterocycles. The maximum Gasteiger partial charge on any atom is 0.226 e. The molecule has 1 aromatic rings. The highest BCUT2D eigenvalue weighted by Crippen LogP contribution is 2.22. The highest BCUT2D eigenvalue weighted by atomic mass is 16.2. The summed E-state index contributed by atoms with van der Waals surface area (Å²) in [4.78, 5) is 26.3. The molecule has 2 amide bonds. The molecule has 2 atom stereocenters. The van der Waals surface area contributed by atoms with Gasteiger partial charge in [-0.05, 0) is 33.6 Å². The lowest BCUT2D eigenvalue weighted by Crippen LogP contribution is -2.37. The number of fused-ring (bicyclic) bond motifs is 1. The standard InChI is InChI=1S/C17H27N5O2/c1-11(2)22-10-13(9-15(22)23)17(24)18-12(3)16-20-19-14-7-5-4-6-8-21(14)16/h11-13H,4-10H2,1-3H3,(H,18,24)/t12-,13-/m1/s1. The summed E-state index contributed by atoms with van der Waals surface area (Å²) in [6.45, 7) is 7.32. The molecule has 0 spiro atoms. The highest BCUT2D eigenvalue weighted by Gasteiger charge is 2.36. The summed E-state index contributed by atoms with van der Waals surface area (Å²) in [7, 11) is 0. The average Bonchev–Trinajstić information content (AvgIpc) is 3.04. The lowest BCUT2D eigenvalue weighted by atomic mass is 10.1. The Morgan fingerprint density at radius 3 is 2.71 bits per heavy atom. The Balaban J connectivity index is 1.65. The van der Waals surface area contributed by atoms with E-state index < -0.39 is 0 Å². The fraction of sp³-hybridized carbons (Fsp3) is 0.765.